The van der Waals surface area contributed by atoms with Crippen molar-refractivity contribution in [2.75, 3.05) is 4.90 Å². The number of nitrogens with zero attached hydrogens (tertiary/aromatic N) is 1. The van der Waals surface area contributed by atoms with Crippen LogP contribution in [0.4, 0.5) is 5.69 Å². The molecule has 0 aliphatic carbocycles. The van der Waals surface area contributed by atoms with E-state index in [1.807, 2.05) is 36.5 Å². The summed E-state index contributed by atoms with van der Waals surface area (Å²) in [5.41, 5.74) is 6.81. The lowest BCUT2D eigenvalue weighted by atomic mass is 10.0. The predicted molar refractivity (Wildman–Crippen MR) is 105 cm³/mol. The normalized spacial score (nSPS) is 14.5. The zero-order chi connectivity index (χ0) is 17.9. The fourth-order valence-electron chi connectivity index (χ4n) is 3.36. The van der Waals surface area contributed by atoms with Crippen molar-refractivity contribution in [3.05, 3.63) is 95.4 Å². The molecule has 1 aliphatic heterocycles. The van der Waals surface area contributed by atoms with Crippen LogP contribution in [0.5, 0.6) is 0 Å². The van der Waals surface area contributed by atoms with Crippen molar-refractivity contribution in [3.8, 4) is 0 Å². The Morgan fingerprint density at radius 2 is 1.85 bits per heavy atom. The molecule has 4 heteroatoms. The number of benzene rings is 2. The number of H-pyrrole nitrogens is 1. The Kier molecular flexibility index (Phi) is 4.50. The maximum absolute atomic E-state index is 9.25. The summed E-state index contributed by atoms with van der Waals surface area (Å²) in [7, 11) is 0. The van der Waals surface area contributed by atoms with Gasteiger partial charge in [-0.3, -0.25) is 0 Å². The smallest absolute Gasteiger partial charge is 0.0681 e. The zero-order valence-corrected chi connectivity index (χ0v) is 14.8. The Balaban J connectivity index is 1.63. The van der Waals surface area contributed by atoms with Crippen LogP contribution in [0.25, 0.3) is 5.70 Å². The first-order chi connectivity index (χ1) is 12.7. The van der Waals surface area contributed by atoms with Crippen LogP contribution in [0.2, 0.25) is 0 Å². The first kappa shape index (κ1) is 16.5. The predicted octanol–water partition coefficient (Wildman–Crippen LogP) is 4.18. The van der Waals surface area contributed by atoms with E-state index in [-0.39, 0.29) is 12.6 Å². The third-order valence-corrected chi connectivity index (χ3v) is 4.86. The van der Waals surface area contributed by atoms with E-state index in [9.17, 15) is 5.11 Å². The molecule has 0 saturated heterocycles. The van der Waals surface area contributed by atoms with Crippen LogP contribution in [0.1, 0.15) is 35.3 Å². The summed E-state index contributed by atoms with van der Waals surface area (Å²) in [5.74, 6) is 0. The Labute approximate surface area is 153 Å². The number of rotatable bonds is 5. The Bertz CT molecular complexity index is 897. The molecule has 0 unspecified atom stereocenters. The van der Waals surface area contributed by atoms with Crippen LogP contribution >= 0.6 is 0 Å². The van der Waals surface area contributed by atoms with Crippen molar-refractivity contribution < 1.29 is 5.11 Å². The number of aromatic amines is 1. The van der Waals surface area contributed by atoms with Gasteiger partial charge in [-0.15, -0.1) is 0 Å². The molecule has 2 heterocycles. The average molecular weight is 345 g/mol. The molecule has 0 saturated carbocycles. The summed E-state index contributed by atoms with van der Waals surface area (Å²) in [4.78, 5) is 5.58. The molecule has 0 radical (unpaired) electrons. The van der Waals surface area contributed by atoms with Gasteiger partial charge in [0.25, 0.3) is 0 Å². The second-order valence-electron chi connectivity index (χ2n) is 6.64. The summed E-state index contributed by atoms with van der Waals surface area (Å²) in [6, 6.07) is 20.8. The molecular formula is C22H23N3O. The Morgan fingerprint density at radius 3 is 2.58 bits per heavy atom. The topological polar surface area (TPSA) is 51.3 Å². The minimum atomic E-state index is 0.0677. The van der Waals surface area contributed by atoms with E-state index in [0.29, 0.717) is 0 Å². The highest BCUT2D eigenvalue weighted by molar-refractivity contribution is 5.73. The maximum Gasteiger partial charge on any atom is 0.0681 e. The molecule has 0 spiro atoms. The van der Waals surface area contributed by atoms with E-state index < -0.39 is 0 Å². The zero-order valence-electron chi connectivity index (χ0n) is 14.8. The van der Waals surface area contributed by atoms with Gasteiger partial charge in [-0.05, 0) is 36.2 Å². The lowest BCUT2D eigenvalue weighted by Crippen LogP contribution is -2.27. The summed E-state index contributed by atoms with van der Waals surface area (Å²) in [6.45, 7) is 3.04. The van der Waals surface area contributed by atoms with Crippen LogP contribution in [0.3, 0.4) is 0 Å². The number of aliphatic hydroxyl groups is 1. The van der Waals surface area contributed by atoms with Crippen molar-refractivity contribution in [2.45, 2.75) is 26.1 Å². The largest absolute Gasteiger partial charge is 0.392 e. The Hall–Kier alpha value is -2.98. The highest BCUT2D eigenvalue weighted by atomic mass is 16.3. The van der Waals surface area contributed by atoms with E-state index in [1.165, 1.54) is 16.8 Å². The van der Waals surface area contributed by atoms with Crippen LogP contribution in [-0.2, 0) is 13.2 Å². The summed E-state index contributed by atoms with van der Waals surface area (Å²) in [6.07, 6.45) is 4.16. The number of aliphatic hydroxyl groups excluding tert-OH is 1. The minimum Gasteiger partial charge on any atom is -0.392 e. The van der Waals surface area contributed by atoms with E-state index >= 15 is 0 Å². The number of hydrogen-bond donors (Lipinski definition) is 3. The monoisotopic (exact) mass is 345 g/mol. The lowest BCUT2D eigenvalue weighted by Gasteiger charge is -2.29. The molecule has 3 aromatic rings. The quantitative estimate of drug-likeness (QED) is 0.650. The third-order valence-electron chi connectivity index (χ3n) is 4.86. The number of aromatic nitrogens is 1. The molecule has 26 heavy (non-hydrogen) atoms. The van der Waals surface area contributed by atoms with Gasteiger partial charge in [0.2, 0.25) is 0 Å². The molecule has 1 aromatic heterocycles. The van der Waals surface area contributed by atoms with Gasteiger partial charge >= 0.3 is 0 Å². The van der Waals surface area contributed by atoms with Gasteiger partial charge in [-0.1, -0.05) is 42.5 Å². The average Bonchev–Trinajstić information content (AvgIpc) is 3.17. The number of nitrogens with one attached hydrogen (secondary N) is 2. The lowest BCUT2D eigenvalue weighted by molar-refractivity contribution is 0.282. The Morgan fingerprint density at radius 1 is 1.08 bits per heavy atom. The van der Waals surface area contributed by atoms with E-state index in [2.05, 4.69) is 58.7 Å². The first-order valence-electron chi connectivity index (χ1n) is 8.91. The van der Waals surface area contributed by atoms with Gasteiger partial charge in [0.1, 0.15) is 0 Å². The number of hydrogen-bond acceptors (Lipinski definition) is 3. The molecule has 132 valence electrons. The van der Waals surface area contributed by atoms with Crippen molar-refractivity contribution in [1.29, 1.82) is 0 Å². The van der Waals surface area contributed by atoms with E-state index in [1.54, 1.807) is 0 Å². The molecule has 4 rings (SSSR count). The molecular weight excluding hydrogens is 322 g/mol. The van der Waals surface area contributed by atoms with Crippen molar-refractivity contribution in [1.82, 2.24) is 10.3 Å². The standard InChI is InChI=1S/C22H23N3O/c1-16(18-5-3-2-4-6-18)24-22-14-25(13-21-20(22)11-12-23-21)19-9-7-17(15-26)8-10-19/h2-12,14,16,23-24,26H,13,15H2,1H3/t16-/m1/s1. The van der Waals surface area contributed by atoms with Gasteiger partial charge in [0, 0.05) is 35.4 Å². The van der Waals surface area contributed by atoms with Crippen LogP contribution in [0, 0.1) is 0 Å². The second-order valence-corrected chi connectivity index (χ2v) is 6.64. The van der Waals surface area contributed by atoms with Gasteiger partial charge in [-0.25, -0.2) is 0 Å². The highest BCUT2D eigenvalue weighted by Crippen LogP contribution is 2.30. The summed E-state index contributed by atoms with van der Waals surface area (Å²) < 4.78 is 0. The molecule has 1 aliphatic rings. The molecule has 0 fully saturated rings. The fourth-order valence-corrected chi connectivity index (χ4v) is 3.36. The summed E-state index contributed by atoms with van der Waals surface area (Å²) >= 11 is 0. The summed E-state index contributed by atoms with van der Waals surface area (Å²) in [5, 5.41) is 12.9. The maximum atomic E-state index is 9.25. The minimum absolute atomic E-state index is 0.0677. The van der Waals surface area contributed by atoms with E-state index in [0.717, 1.165) is 23.5 Å². The van der Waals surface area contributed by atoms with Crippen molar-refractivity contribution in [2.24, 2.45) is 0 Å². The van der Waals surface area contributed by atoms with Crippen LogP contribution in [0.15, 0.2) is 73.1 Å². The van der Waals surface area contributed by atoms with Gasteiger partial charge < -0.3 is 20.3 Å². The fraction of sp³-hybridized carbons (Fsp3) is 0.182. The van der Waals surface area contributed by atoms with Crippen molar-refractivity contribution >= 4 is 11.4 Å². The molecule has 1 atom stereocenters. The highest BCUT2D eigenvalue weighted by Gasteiger charge is 2.20. The van der Waals surface area contributed by atoms with Gasteiger partial charge in [-0.2, -0.15) is 0 Å². The number of anilines is 1. The third kappa shape index (κ3) is 3.24. The first-order valence-corrected chi connectivity index (χ1v) is 8.91. The van der Waals surface area contributed by atoms with Gasteiger partial charge in [0.05, 0.1) is 18.8 Å². The molecule has 4 nitrogen and oxygen atoms in total. The van der Waals surface area contributed by atoms with Crippen LogP contribution < -0.4 is 10.2 Å². The number of fused-ring (bicyclic) bond motifs is 1. The SMILES string of the molecule is C[C@@H](NC1=CN(c2ccc(CO)cc2)Cc2[nH]ccc21)c1ccccc1. The molecule has 0 bridgehead atoms. The molecule has 2 aromatic carbocycles. The van der Waals surface area contributed by atoms with E-state index in [4.69, 9.17) is 0 Å². The van der Waals surface area contributed by atoms with Crippen LogP contribution in [-0.4, -0.2) is 10.1 Å². The molecule has 3 N–H and O–H groups in total. The van der Waals surface area contributed by atoms with Gasteiger partial charge in [0.15, 0.2) is 0 Å². The van der Waals surface area contributed by atoms with Crippen molar-refractivity contribution in [3.63, 3.8) is 0 Å². The second kappa shape index (κ2) is 7.10. The molecule has 0 amide bonds.